The molecule has 0 heterocycles. The Morgan fingerprint density at radius 1 is 1.09 bits per heavy atom. The van der Waals surface area contributed by atoms with Crippen molar-refractivity contribution < 1.29 is 22.8 Å². The first-order chi connectivity index (χ1) is 10.6. The van der Waals surface area contributed by atoms with Crippen LogP contribution in [0, 0.1) is 0 Å². The fourth-order valence-corrected chi connectivity index (χ4v) is 4.10. The second-order valence-electron chi connectivity index (χ2n) is 5.31. The zero-order valence-electron chi connectivity index (χ0n) is 12.8. The number of hydrogen-bond acceptors (Lipinski definition) is 4. The van der Waals surface area contributed by atoms with Crippen molar-refractivity contribution >= 4 is 34.1 Å². The Kier molecular flexibility index (Phi) is 5.13. The molecule has 0 spiro atoms. The third-order valence-electron chi connectivity index (χ3n) is 3.33. The van der Waals surface area contributed by atoms with Gasteiger partial charge in [0.2, 0.25) is 10.0 Å². The Morgan fingerprint density at radius 2 is 1.70 bits per heavy atom. The van der Waals surface area contributed by atoms with Crippen LogP contribution >= 0.6 is 7.60 Å². The number of nitrogens with zero attached hydrogens (tertiary/aromatic N) is 1. The molecule has 0 amide bonds. The first kappa shape index (κ1) is 17.9. The minimum absolute atomic E-state index is 0.0874. The summed E-state index contributed by atoms with van der Waals surface area (Å²) in [4.78, 5) is 19.6. The van der Waals surface area contributed by atoms with Gasteiger partial charge in [0, 0.05) is 37.1 Å². The molecule has 0 fully saturated rings. The smallest absolute Gasteiger partial charge is 0.326 e. The molecular formula is C14H19N2O5PS. The largest absolute Gasteiger partial charge is 0.377 e. The second kappa shape index (κ2) is 6.59. The van der Waals surface area contributed by atoms with Crippen molar-refractivity contribution in [1.29, 1.82) is 0 Å². The van der Waals surface area contributed by atoms with Gasteiger partial charge in [0.25, 0.3) is 0 Å². The SMILES string of the molecule is CN(C)c1cccc2c(S(=O)(=O)NCCP(=O)(O)O)cccc12. The molecule has 9 heteroatoms. The Balaban J connectivity index is 2.43. The van der Waals surface area contributed by atoms with E-state index in [-0.39, 0.29) is 11.4 Å². The van der Waals surface area contributed by atoms with Gasteiger partial charge in [-0.1, -0.05) is 24.3 Å². The van der Waals surface area contributed by atoms with Crippen LogP contribution in [0.25, 0.3) is 10.8 Å². The van der Waals surface area contributed by atoms with E-state index in [9.17, 15) is 13.0 Å². The second-order valence-corrected chi connectivity index (χ2v) is 8.82. The fraction of sp³-hybridized carbons (Fsp3) is 0.286. The summed E-state index contributed by atoms with van der Waals surface area (Å²) in [5.41, 5.74) is 0.884. The molecule has 2 rings (SSSR count). The summed E-state index contributed by atoms with van der Waals surface area (Å²) in [5, 5.41) is 1.35. The average Bonchev–Trinajstić information content (AvgIpc) is 2.44. The lowest BCUT2D eigenvalue weighted by Crippen LogP contribution is -2.27. The van der Waals surface area contributed by atoms with E-state index in [4.69, 9.17) is 9.79 Å². The standard InChI is InChI=1S/C14H19N2O5PS/c1-16(2)13-7-3-6-12-11(13)5-4-8-14(12)23(20,21)15-9-10-22(17,18)19/h3-8,15H,9-10H2,1-2H3,(H2,17,18,19). The van der Waals surface area contributed by atoms with E-state index in [0.717, 1.165) is 11.1 Å². The minimum Gasteiger partial charge on any atom is -0.377 e. The molecule has 0 aliphatic carbocycles. The van der Waals surface area contributed by atoms with Crippen LogP contribution in [0.15, 0.2) is 41.3 Å². The van der Waals surface area contributed by atoms with Gasteiger partial charge in [-0.2, -0.15) is 0 Å². The van der Waals surface area contributed by atoms with Crippen LogP contribution in [0.4, 0.5) is 5.69 Å². The molecule has 3 N–H and O–H groups in total. The summed E-state index contributed by atoms with van der Waals surface area (Å²) in [5.74, 6) is 0. The summed E-state index contributed by atoms with van der Waals surface area (Å²) in [6.07, 6.45) is -0.542. The summed E-state index contributed by atoms with van der Waals surface area (Å²) in [6.45, 7) is -0.323. The molecule has 0 atom stereocenters. The Bertz CT molecular complexity index is 861. The van der Waals surface area contributed by atoms with Crippen LogP contribution in [0.2, 0.25) is 0 Å². The van der Waals surface area contributed by atoms with Gasteiger partial charge >= 0.3 is 7.60 Å². The van der Waals surface area contributed by atoms with Gasteiger partial charge in [0.05, 0.1) is 11.1 Å². The van der Waals surface area contributed by atoms with Crippen molar-refractivity contribution in [2.75, 3.05) is 31.7 Å². The minimum atomic E-state index is -4.25. The van der Waals surface area contributed by atoms with Crippen LogP contribution in [-0.4, -0.2) is 45.0 Å². The topological polar surface area (TPSA) is 107 Å². The lowest BCUT2D eigenvalue weighted by Gasteiger charge is -2.17. The highest BCUT2D eigenvalue weighted by molar-refractivity contribution is 7.89. The third-order valence-corrected chi connectivity index (χ3v) is 5.65. The van der Waals surface area contributed by atoms with Crippen LogP contribution in [0.1, 0.15) is 0 Å². The van der Waals surface area contributed by atoms with Crippen LogP contribution in [0.5, 0.6) is 0 Å². The Hall–Kier alpha value is -1.44. The Morgan fingerprint density at radius 3 is 2.30 bits per heavy atom. The monoisotopic (exact) mass is 358 g/mol. The molecule has 7 nitrogen and oxygen atoms in total. The van der Waals surface area contributed by atoms with Crippen LogP contribution in [-0.2, 0) is 14.6 Å². The highest BCUT2D eigenvalue weighted by atomic mass is 32.2. The normalized spacial score (nSPS) is 12.5. The van der Waals surface area contributed by atoms with Gasteiger partial charge in [0.15, 0.2) is 0 Å². The molecule has 0 saturated heterocycles. The van der Waals surface area contributed by atoms with E-state index in [2.05, 4.69) is 4.72 Å². The first-order valence-corrected chi connectivity index (χ1v) is 10.1. The van der Waals surface area contributed by atoms with E-state index < -0.39 is 23.8 Å². The van der Waals surface area contributed by atoms with Gasteiger partial charge in [0.1, 0.15) is 0 Å². The predicted octanol–water partition coefficient (Wildman–Crippen LogP) is 1.36. The van der Waals surface area contributed by atoms with Crippen LogP contribution < -0.4 is 9.62 Å². The molecule has 0 aromatic heterocycles. The first-order valence-electron chi connectivity index (χ1n) is 6.85. The zero-order valence-corrected chi connectivity index (χ0v) is 14.5. The summed E-state index contributed by atoms with van der Waals surface area (Å²) in [7, 11) is -4.37. The van der Waals surface area contributed by atoms with Gasteiger partial charge in [-0.3, -0.25) is 4.57 Å². The van der Waals surface area contributed by atoms with E-state index in [1.165, 1.54) is 6.07 Å². The number of rotatable bonds is 6. The van der Waals surface area contributed by atoms with Crippen molar-refractivity contribution in [3.05, 3.63) is 36.4 Å². The zero-order chi connectivity index (χ0) is 17.3. The van der Waals surface area contributed by atoms with Gasteiger partial charge < -0.3 is 14.7 Å². The van der Waals surface area contributed by atoms with E-state index >= 15 is 0 Å². The van der Waals surface area contributed by atoms with Crippen LogP contribution in [0.3, 0.4) is 0 Å². The molecule has 0 aliphatic rings. The van der Waals surface area contributed by atoms with Crippen molar-refractivity contribution in [1.82, 2.24) is 4.72 Å². The maximum absolute atomic E-state index is 12.4. The summed E-state index contributed by atoms with van der Waals surface area (Å²) < 4.78 is 37.9. The van der Waals surface area contributed by atoms with Crippen molar-refractivity contribution in [3.63, 3.8) is 0 Å². The molecular weight excluding hydrogens is 339 g/mol. The lowest BCUT2D eigenvalue weighted by molar-refractivity contribution is 0.373. The molecule has 0 saturated carbocycles. The van der Waals surface area contributed by atoms with Crippen molar-refractivity contribution in [2.24, 2.45) is 0 Å². The Labute approximate surface area is 135 Å². The maximum Gasteiger partial charge on any atom is 0.326 e. The van der Waals surface area contributed by atoms with Crippen molar-refractivity contribution in [3.8, 4) is 0 Å². The number of nitrogens with one attached hydrogen (secondary N) is 1. The number of fused-ring (bicyclic) bond motifs is 1. The van der Waals surface area contributed by atoms with Gasteiger partial charge in [-0.15, -0.1) is 0 Å². The highest BCUT2D eigenvalue weighted by Crippen LogP contribution is 2.33. The van der Waals surface area contributed by atoms with Crippen molar-refractivity contribution in [2.45, 2.75) is 4.90 Å². The summed E-state index contributed by atoms with van der Waals surface area (Å²) in [6, 6.07) is 10.3. The molecule has 0 radical (unpaired) electrons. The predicted molar refractivity (Wildman–Crippen MR) is 90.4 cm³/mol. The molecule has 0 aliphatic heterocycles. The maximum atomic E-state index is 12.4. The fourth-order valence-electron chi connectivity index (χ4n) is 2.29. The van der Waals surface area contributed by atoms with Gasteiger partial charge in [-0.25, -0.2) is 13.1 Å². The highest BCUT2D eigenvalue weighted by Gasteiger charge is 2.20. The average molecular weight is 358 g/mol. The number of anilines is 1. The molecule has 2 aromatic carbocycles. The number of hydrogen-bond donors (Lipinski definition) is 3. The van der Waals surface area contributed by atoms with E-state index in [0.29, 0.717) is 5.39 Å². The van der Waals surface area contributed by atoms with E-state index in [1.807, 2.05) is 31.1 Å². The third kappa shape index (κ3) is 4.31. The quantitative estimate of drug-likeness (QED) is 0.673. The molecule has 126 valence electrons. The van der Waals surface area contributed by atoms with E-state index in [1.54, 1.807) is 18.2 Å². The molecule has 0 unspecified atom stereocenters. The summed E-state index contributed by atoms with van der Waals surface area (Å²) >= 11 is 0. The lowest BCUT2D eigenvalue weighted by atomic mass is 10.1. The number of benzene rings is 2. The molecule has 0 bridgehead atoms. The molecule has 2 aromatic rings. The molecule has 23 heavy (non-hydrogen) atoms. The van der Waals surface area contributed by atoms with Gasteiger partial charge in [-0.05, 0) is 12.1 Å². The number of sulfonamides is 1.